The Bertz CT molecular complexity index is 1210. The Hall–Kier alpha value is -3.00. The van der Waals surface area contributed by atoms with Crippen LogP contribution >= 0.6 is 11.6 Å². The van der Waals surface area contributed by atoms with Crippen molar-refractivity contribution in [2.24, 2.45) is 0 Å². The van der Waals surface area contributed by atoms with Gasteiger partial charge in [-0.25, -0.2) is 9.07 Å². The molecule has 0 spiro atoms. The number of hydrogen-bond donors (Lipinski definition) is 3. The van der Waals surface area contributed by atoms with Gasteiger partial charge in [0, 0.05) is 22.9 Å². The first-order chi connectivity index (χ1) is 16.8. The predicted octanol–water partition coefficient (Wildman–Crippen LogP) is 4.93. The van der Waals surface area contributed by atoms with Gasteiger partial charge in [-0.15, -0.1) is 0 Å². The molecule has 2 aromatic carbocycles. The molecule has 8 heteroatoms. The zero-order valence-corrected chi connectivity index (χ0v) is 19.9. The molecule has 0 bridgehead atoms. The molecular formula is C27H28ClFN2O4. The quantitative estimate of drug-likeness (QED) is 0.389. The third kappa shape index (κ3) is 6.17. The third-order valence-electron chi connectivity index (χ3n) is 6.32. The van der Waals surface area contributed by atoms with Crippen LogP contribution in [0.4, 0.5) is 4.39 Å². The minimum Gasteiger partial charge on any atom is -0.481 e. The molecule has 1 heterocycles. The van der Waals surface area contributed by atoms with Crippen LogP contribution in [0.25, 0.3) is 11.8 Å². The number of fused-ring (bicyclic) bond motifs is 1. The number of benzene rings is 2. The summed E-state index contributed by atoms with van der Waals surface area (Å²) in [4.78, 5) is 10.8. The monoisotopic (exact) mass is 498 g/mol. The van der Waals surface area contributed by atoms with Crippen LogP contribution in [0, 0.1) is 5.82 Å². The Morgan fingerprint density at radius 3 is 2.66 bits per heavy atom. The first-order valence-electron chi connectivity index (χ1n) is 11.7. The van der Waals surface area contributed by atoms with Crippen molar-refractivity contribution in [3.63, 3.8) is 0 Å². The molecule has 1 aliphatic carbocycles. The van der Waals surface area contributed by atoms with Crippen molar-refractivity contribution in [2.75, 3.05) is 0 Å². The second-order valence-electron chi connectivity index (χ2n) is 8.94. The van der Waals surface area contributed by atoms with Crippen LogP contribution in [-0.4, -0.2) is 43.3 Å². The van der Waals surface area contributed by atoms with Gasteiger partial charge in [0.05, 0.1) is 35.7 Å². The van der Waals surface area contributed by atoms with Crippen molar-refractivity contribution in [1.29, 1.82) is 0 Å². The van der Waals surface area contributed by atoms with Gasteiger partial charge in [-0.1, -0.05) is 35.9 Å². The van der Waals surface area contributed by atoms with Crippen molar-refractivity contribution in [2.45, 2.75) is 56.7 Å². The summed E-state index contributed by atoms with van der Waals surface area (Å²) in [6.07, 6.45) is 4.09. The molecule has 0 saturated heterocycles. The zero-order chi connectivity index (χ0) is 24.9. The maximum atomic E-state index is 13.6. The van der Waals surface area contributed by atoms with E-state index < -0.39 is 24.6 Å². The van der Waals surface area contributed by atoms with E-state index in [1.54, 1.807) is 29.0 Å². The lowest BCUT2D eigenvalue weighted by atomic mass is 9.83. The number of carboxylic acid groups (broad SMARTS) is 1. The van der Waals surface area contributed by atoms with Crippen LogP contribution in [0.3, 0.4) is 0 Å². The number of aliphatic carboxylic acids is 1. The average Bonchev–Trinajstić information content (AvgIpc) is 3.18. The van der Waals surface area contributed by atoms with E-state index in [-0.39, 0.29) is 18.2 Å². The normalized spacial score (nSPS) is 17.3. The third-order valence-corrected chi connectivity index (χ3v) is 6.68. The largest absolute Gasteiger partial charge is 0.481 e. The molecule has 0 radical (unpaired) electrons. The second kappa shape index (κ2) is 11.2. The Balaban J connectivity index is 1.68. The molecule has 35 heavy (non-hydrogen) atoms. The smallest absolute Gasteiger partial charge is 0.305 e. The summed E-state index contributed by atoms with van der Waals surface area (Å²) in [6.45, 7) is 0. The van der Waals surface area contributed by atoms with E-state index in [0.717, 1.165) is 53.2 Å². The fraction of sp³-hybridized carbons (Fsp3) is 0.333. The number of rotatable bonds is 9. The molecule has 3 atom stereocenters. The number of hydrogen-bond acceptors (Lipinski definition) is 4. The summed E-state index contributed by atoms with van der Waals surface area (Å²) < 4.78 is 15.3. The number of carbonyl (C=O) groups is 1. The fourth-order valence-corrected chi connectivity index (χ4v) is 4.86. The van der Waals surface area contributed by atoms with Gasteiger partial charge in [-0.2, -0.15) is 5.10 Å². The van der Waals surface area contributed by atoms with Crippen molar-refractivity contribution in [3.8, 4) is 5.69 Å². The van der Waals surface area contributed by atoms with Gasteiger partial charge in [-0.3, -0.25) is 4.79 Å². The molecule has 1 unspecified atom stereocenters. The van der Waals surface area contributed by atoms with E-state index in [2.05, 4.69) is 0 Å². The second-order valence-corrected chi connectivity index (χ2v) is 9.34. The lowest BCUT2D eigenvalue weighted by molar-refractivity contribution is -0.139. The molecule has 0 aliphatic heterocycles. The van der Waals surface area contributed by atoms with Crippen LogP contribution in [0.5, 0.6) is 0 Å². The fourth-order valence-electron chi connectivity index (χ4n) is 4.65. The number of nitrogens with zero attached hydrogens (tertiary/aromatic N) is 2. The van der Waals surface area contributed by atoms with Crippen LogP contribution in [-0.2, 0) is 17.6 Å². The van der Waals surface area contributed by atoms with Crippen LogP contribution in [0.1, 0.15) is 54.1 Å². The molecule has 0 amide bonds. The van der Waals surface area contributed by atoms with E-state index in [1.807, 2.05) is 24.3 Å². The SMILES string of the molecule is O=C(O)C[C@H](O)C[C@H](O)/C=C/c1c2c(nn1-c1ccc(F)cc1)C(Cc1ccccc1Cl)CCC2. The van der Waals surface area contributed by atoms with E-state index in [4.69, 9.17) is 21.8 Å². The van der Waals surface area contributed by atoms with Gasteiger partial charge in [0.2, 0.25) is 0 Å². The highest BCUT2D eigenvalue weighted by Gasteiger charge is 2.28. The molecule has 184 valence electrons. The van der Waals surface area contributed by atoms with E-state index in [0.29, 0.717) is 5.69 Å². The van der Waals surface area contributed by atoms with Gasteiger partial charge >= 0.3 is 5.97 Å². The van der Waals surface area contributed by atoms with Crippen molar-refractivity contribution >= 4 is 23.6 Å². The molecule has 3 aromatic rings. The Morgan fingerprint density at radius 1 is 1.20 bits per heavy atom. The number of aromatic nitrogens is 2. The maximum Gasteiger partial charge on any atom is 0.305 e. The summed E-state index contributed by atoms with van der Waals surface area (Å²) >= 11 is 6.42. The Labute approximate surface area is 208 Å². The van der Waals surface area contributed by atoms with Crippen LogP contribution in [0.15, 0.2) is 54.6 Å². The van der Waals surface area contributed by atoms with Crippen molar-refractivity contribution in [3.05, 3.63) is 88.0 Å². The van der Waals surface area contributed by atoms with Gasteiger partial charge in [0.15, 0.2) is 0 Å². The molecule has 1 aliphatic rings. The summed E-state index contributed by atoms with van der Waals surface area (Å²) in [5.41, 5.74) is 4.55. The number of aliphatic hydroxyl groups excluding tert-OH is 2. The first kappa shape index (κ1) is 25.1. The van der Waals surface area contributed by atoms with Gasteiger partial charge < -0.3 is 15.3 Å². The van der Waals surface area contributed by atoms with E-state index in [9.17, 15) is 19.4 Å². The van der Waals surface area contributed by atoms with Gasteiger partial charge in [0.25, 0.3) is 0 Å². The van der Waals surface area contributed by atoms with Crippen LogP contribution in [0.2, 0.25) is 5.02 Å². The average molecular weight is 499 g/mol. The molecule has 3 N–H and O–H groups in total. The molecule has 4 rings (SSSR count). The van der Waals surface area contributed by atoms with Crippen molar-refractivity contribution < 1.29 is 24.5 Å². The predicted molar refractivity (Wildman–Crippen MR) is 132 cm³/mol. The molecule has 1 aromatic heterocycles. The van der Waals surface area contributed by atoms with Gasteiger partial charge in [0.1, 0.15) is 5.82 Å². The Morgan fingerprint density at radius 2 is 1.94 bits per heavy atom. The van der Waals surface area contributed by atoms with E-state index in [1.165, 1.54) is 12.1 Å². The lowest BCUT2D eigenvalue weighted by Gasteiger charge is -2.22. The molecule has 0 fully saturated rings. The first-order valence-corrected chi connectivity index (χ1v) is 12.1. The standard InChI is InChI=1S/C27H28ClFN2O4/c28-24-7-2-1-4-17(24)14-18-5-3-6-23-25(13-12-21(32)15-22(33)16-26(34)35)31(30-27(18)23)20-10-8-19(29)9-11-20/h1-2,4,7-13,18,21-22,32-33H,3,5-6,14-16H2,(H,34,35)/b13-12+/t18?,21-,22-/m1/s1. The summed E-state index contributed by atoms with van der Waals surface area (Å²) in [7, 11) is 0. The maximum absolute atomic E-state index is 13.6. The summed E-state index contributed by atoms with van der Waals surface area (Å²) in [6, 6.07) is 13.8. The number of halogens is 2. The topological polar surface area (TPSA) is 95.6 Å². The van der Waals surface area contributed by atoms with Crippen LogP contribution < -0.4 is 0 Å². The van der Waals surface area contributed by atoms with Gasteiger partial charge in [-0.05, 0) is 67.7 Å². The highest BCUT2D eigenvalue weighted by Crippen LogP contribution is 2.37. The molecule has 0 saturated carbocycles. The highest BCUT2D eigenvalue weighted by atomic mass is 35.5. The minimum absolute atomic E-state index is 0.0925. The van der Waals surface area contributed by atoms with E-state index >= 15 is 0 Å². The lowest BCUT2D eigenvalue weighted by Crippen LogP contribution is -2.19. The minimum atomic E-state index is -1.15. The highest BCUT2D eigenvalue weighted by molar-refractivity contribution is 6.31. The zero-order valence-electron chi connectivity index (χ0n) is 19.1. The van der Waals surface area contributed by atoms with Crippen molar-refractivity contribution in [1.82, 2.24) is 9.78 Å². The molecular weight excluding hydrogens is 471 g/mol. The Kier molecular flexibility index (Phi) is 8.00. The summed E-state index contributed by atoms with van der Waals surface area (Å²) in [5, 5.41) is 34.7. The number of aliphatic hydroxyl groups is 2. The number of carboxylic acids is 1. The molecule has 6 nitrogen and oxygen atoms in total. The summed E-state index contributed by atoms with van der Waals surface area (Å²) in [5.74, 6) is -1.31.